The van der Waals surface area contributed by atoms with Gasteiger partial charge in [0.1, 0.15) is 5.75 Å². The molecule has 0 bridgehead atoms. The van der Waals surface area contributed by atoms with Gasteiger partial charge in [0.2, 0.25) is 0 Å². The Morgan fingerprint density at radius 3 is 2.50 bits per heavy atom. The van der Waals surface area contributed by atoms with Gasteiger partial charge in [-0.3, -0.25) is 4.79 Å². The molecule has 1 aromatic carbocycles. The molecule has 0 heterocycles. The number of rotatable bonds is 8. The van der Waals surface area contributed by atoms with Crippen molar-refractivity contribution in [3.05, 3.63) is 29.3 Å². The van der Waals surface area contributed by atoms with Gasteiger partial charge in [0, 0.05) is 23.8 Å². The molecule has 1 fully saturated rings. The van der Waals surface area contributed by atoms with E-state index in [0.29, 0.717) is 37.3 Å². The molecule has 1 aromatic rings. The topological polar surface area (TPSA) is 47.6 Å². The molecular weight excluding hydrogens is 326 g/mol. The van der Waals surface area contributed by atoms with Crippen LogP contribution < -0.4 is 10.1 Å². The van der Waals surface area contributed by atoms with Crippen molar-refractivity contribution >= 4 is 5.91 Å². The maximum absolute atomic E-state index is 12.7. The largest absolute Gasteiger partial charge is 0.494 e. The van der Waals surface area contributed by atoms with Crippen LogP contribution in [0.5, 0.6) is 5.75 Å². The molecule has 1 saturated carbocycles. The zero-order chi connectivity index (χ0) is 18.8. The van der Waals surface area contributed by atoms with E-state index in [0.717, 1.165) is 24.2 Å². The Morgan fingerprint density at radius 2 is 1.85 bits per heavy atom. The second kappa shape index (κ2) is 11.2. The molecule has 1 amide bonds. The lowest BCUT2D eigenvalue weighted by Gasteiger charge is -2.21. The molecule has 1 aliphatic carbocycles. The standard InChI is InChI=1S/C22H35NO3/c1-4-26-21-13-12-18(14-19(21)16-25-15-17(2)3)22(24)23-20-10-8-6-5-7-9-11-20/h12-14,17,20H,4-11,15-16H2,1-3H3,(H,23,24). The molecule has 4 heteroatoms. The molecule has 1 N–H and O–H groups in total. The molecule has 4 nitrogen and oxygen atoms in total. The van der Waals surface area contributed by atoms with Gasteiger partial charge < -0.3 is 14.8 Å². The van der Waals surface area contributed by atoms with E-state index in [9.17, 15) is 4.79 Å². The van der Waals surface area contributed by atoms with E-state index in [1.807, 2.05) is 25.1 Å². The first kappa shape index (κ1) is 20.8. The lowest BCUT2D eigenvalue weighted by atomic mass is 9.96. The highest BCUT2D eigenvalue weighted by molar-refractivity contribution is 5.94. The summed E-state index contributed by atoms with van der Waals surface area (Å²) < 4.78 is 11.5. The predicted octanol–water partition coefficient (Wildman–Crippen LogP) is 5.10. The minimum Gasteiger partial charge on any atom is -0.494 e. The van der Waals surface area contributed by atoms with Gasteiger partial charge in [-0.15, -0.1) is 0 Å². The minimum atomic E-state index is 0.0173. The number of hydrogen-bond acceptors (Lipinski definition) is 3. The number of benzene rings is 1. The van der Waals surface area contributed by atoms with Gasteiger partial charge in [-0.25, -0.2) is 0 Å². The first-order valence-electron chi connectivity index (χ1n) is 10.2. The smallest absolute Gasteiger partial charge is 0.251 e. The number of carbonyl (C=O) groups excluding carboxylic acids is 1. The normalized spacial score (nSPS) is 16.2. The molecule has 0 aromatic heterocycles. The van der Waals surface area contributed by atoms with Crippen LogP contribution in [0.1, 0.15) is 81.6 Å². The van der Waals surface area contributed by atoms with E-state index in [2.05, 4.69) is 19.2 Å². The number of amides is 1. The lowest BCUT2D eigenvalue weighted by Crippen LogP contribution is -2.35. The van der Waals surface area contributed by atoms with E-state index in [4.69, 9.17) is 9.47 Å². The third-order valence-corrected chi connectivity index (χ3v) is 4.77. The lowest BCUT2D eigenvalue weighted by molar-refractivity contribution is 0.0922. The highest BCUT2D eigenvalue weighted by atomic mass is 16.5. The Kier molecular flexibility index (Phi) is 8.96. The molecule has 0 atom stereocenters. The molecule has 0 unspecified atom stereocenters. The molecule has 1 aliphatic rings. The Bertz CT molecular complexity index is 548. The highest BCUT2D eigenvalue weighted by Crippen LogP contribution is 2.23. The number of carbonyl (C=O) groups is 1. The van der Waals surface area contributed by atoms with Gasteiger partial charge >= 0.3 is 0 Å². The molecule has 26 heavy (non-hydrogen) atoms. The van der Waals surface area contributed by atoms with Crippen molar-refractivity contribution in [2.24, 2.45) is 5.92 Å². The second-order valence-electron chi connectivity index (χ2n) is 7.68. The van der Waals surface area contributed by atoms with Crippen molar-refractivity contribution < 1.29 is 14.3 Å². The van der Waals surface area contributed by atoms with Gasteiger partial charge in [0.15, 0.2) is 0 Å². The predicted molar refractivity (Wildman–Crippen MR) is 106 cm³/mol. The molecule has 2 rings (SSSR count). The van der Waals surface area contributed by atoms with Crippen LogP contribution in [0, 0.1) is 5.92 Å². The quantitative estimate of drug-likeness (QED) is 0.701. The van der Waals surface area contributed by atoms with Crippen LogP contribution in [-0.2, 0) is 11.3 Å². The van der Waals surface area contributed by atoms with Crippen LogP contribution in [0.25, 0.3) is 0 Å². The number of ether oxygens (including phenoxy) is 2. The summed E-state index contributed by atoms with van der Waals surface area (Å²) in [6, 6.07) is 5.97. The van der Waals surface area contributed by atoms with Crippen LogP contribution in [0.4, 0.5) is 0 Å². The van der Waals surface area contributed by atoms with Gasteiger partial charge in [0.05, 0.1) is 13.2 Å². The summed E-state index contributed by atoms with van der Waals surface area (Å²) in [5, 5.41) is 3.24. The van der Waals surface area contributed by atoms with Crippen molar-refractivity contribution in [2.45, 2.75) is 78.4 Å². The van der Waals surface area contributed by atoms with Crippen molar-refractivity contribution in [3.8, 4) is 5.75 Å². The second-order valence-corrected chi connectivity index (χ2v) is 7.68. The molecule has 0 spiro atoms. The van der Waals surface area contributed by atoms with E-state index >= 15 is 0 Å². The fraction of sp³-hybridized carbons (Fsp3) is 0.682. The Morgan fingerprint density at radius 1 is 1.15 bits per heavy atom. The van der Waals surface area contributed by atoms with E-state index in [1.165, 1.54) is 32.1 Å². The van der Waals surface area contributed by atoms with Gasteiger partial charge in [-0.2, -0.15) is 0 Å². The zero-order valence-corrected chi connectivity index (χ0v) is 16.7. The third kappa shape index (κ3) is 6.99. The fourth-order valence-electron chi connectivity index (χ4n) is 3.40. The number of hydrogen-bond donors (Lipinski definition) is 1. The summed E-state index contributed by atoms with van der Waals surface area (Å²) in [6.07, 6.45) is 8.50. The summed E-state index contributed by atoms with van der Waals surface area (Å²) in [5.74, 6) is 1.30. The van der Waals surface area contributed by atoms with E-state index in [-0.39, 0.29) is 5.91 Å². The summed E-state index contributed by atoms with van der Waals surface area (Å²) in [5.41, 5.74) is 1.64. The average molecular weight is 362 g/mol. The summed E-state index contributed by atoms with van der Waals surface area (Å²) >= 11 is 0. The Hall–Kier alpha value is -1.55. The van der Waals surface area contributed by atoms with Crippen LogP contribution >= 0.6 is 0 Å². The maximum Gasteiger partial charge on any atom is 0.251 e. The SMILES string of the molecule is CCOc1ccc(C(=O)NC2CCCCCCC2)cc1COCC(C)C. The molecular formula is C22H35NO3. The average Bonchev–Trinajstić information content (AvgIpc) is 2.58. The highest BCUT2D eigenvalue weighted by Gasteiger charge is 2.16. The van der Waals surface area contributed by atoms with Crippen LogP contribution in [0.15, 0.2) is 18.2 Å². The fourth-order valence-corrected chi connectivity index (χ4v) is 3.40. The van der Waals surface area contributed by atoms with Crippen molar-refractivity contribution in [1.29, 1.82) is 0 Å². The van der Waals surface area contributed by atoms with Crippen molar-refractivity contribution in [1.82, 2.24) is 5.32 Å². The first-order valence-corrected chi connectivity index (χ1v) is 10.2. The van der Waals surface area contributed by atoms with Crippen LogP contribution in [-0.4, -0.2) is 25.2 Å². The molecule has 0 aliphatic heterocycles. The minimum absolute atomic E-state index is 0.0173. The Balaban J connectivity index is 2.02. The van der Waals surface area contributed by atoms with Gasteiger partial charge in [-0.1, -0.05) is 46.0 Å². The first-order chi connectivity index (χ1) is 12.6. The molecule has 146 valence electrons. The Labute approximate surface area is 158 Å². The zero-order valence-electron chi connectivity index (χ0n) is 16.7. The van der Waals surface area contributed by atoms with Gasteiger partial charge in [0.25, 0.3) is 5.91 Å². The van der Waals surface area contributed by atoms with E-state index in [1.54, 1.807) is 0 Å². The van der Waals surface area contributed by atoms with Crippen molar-refractivity contribution in [3.63, 3.8) is 0 Å². The van der Waals surface area contributed by atoms with E-state index < -0.39 is 0 Å². The van der Waals surface area contributed by atoms with Crippen LogP contribution in [0.3, 0.4) is 0 Å². The molecule has 0 saturated heterocycles. The van der Waals surface area contributed by atoms with Crippen molar-refractivity contribution in [2.75, 3.05) is 13.2 Å². The summed E-state index contributed by atoms with van der Waals surface area (Å²) in [6.45, 7) is 7.99. The monoisotopic (exact) mass is 361 g/mol. The van der Waals surface area contributed by atoms with Crippen LogP contribution in [0.2, 0.25) is 0 Å². The molecule has 0 radical (unpaired) electrons. The third-order valence-electron chi connectivity index (χ3n) is 4.77. The van der Waals surface area contributed by atoms with Gasteiger partial charge in [-0.05, 0) is 43.9 Å². The maximum atomic E-state index is 12.7. The summed E-state index contributed by atoms with van der Waals surface area (Å²) in [4.78, 5) is 12.7. The summed E-state index contributed by atoms with van der Waals surface area (Å²) in [7, 11) is 0. The number of nitrogens with one attached hydrogen (secondary N) is 1.